The number of morpholine rings is 1. The molecule has 2 N–H and O–H groups in total. The molecule has 0 spiro atoms. The minimum absolute atomic E-state index is 0.0434. The Morgan fingerprint density at radius 3 is 2.30 bits per heavy atom. The molecule has 4 rings (SSSR count). The van der Waals surface area contributed by atoms with Crippen LogP contribution in [-0.2, 0) is 34.5 Å². The number of hydrogen-bond acceptors (Lipinski definition) is 9. The van der Waals surface area contributed by atoms with E-state index < -0.39 is 27.3 Å². The smallest absolute Gasteiger partial charge is 0.331 e. The molecule has 248 valence electrons. The van der Waals surface area contributed by atoms with Crippen molar-refractivity contribution in [3.05, 3.63) is 65.7 Å². The van der Waals surface area contributed by atoms with E-state index >= 15 is 0 Å². The van der Waals surface area contributed by atoms with Crippen molar-refractivity contribution in [2.75, 3.05) is 69.5 Å². The number of rotatable bonds is 12. The molecule has 1 fully saturated rings. The van der Waals surface area contributed by atoms with E-state index in [4.69, 9.17) is 18.9 Å². The molecule has 0 unspecified atom stereocenters. The van der Waals surface area contributed by atoms with Crippen LogP contribution in [0.15, 0.2) is 54.6 Å². The fourth-order valence-corrected chi connectivity index (χ4v) is 5.69. The Morgan fingerprint density at radius 2 is 1.67 bits per heavy atom. The summed E-state index contributed by atoms with van der Waals surface area (Å²) in [6.07, 6.45) is 1.14. The number of sulfonamides is 1. The van der Waals surface area contributed by atoms with E-state index in [0.717, 1.165) is 36.7 Å². The molecule has 1 aliphatic heterocycles. The van der Waals surface area contributed by atoms with Gasteiger partial charge in [0.2, 0.25) is 10.0 Å². The number of nitrogens with zero attached hydrogens (tertiary/aromatic N) is 1. The van der Waals surface area contributed by atoms with Crippen LogP contribution in [0, 0.1) is 0 Å². The van der Waals surface area contributed by atoms with Gasteiger partial charge in [-0.15, -0.1) is 0 Å². The highest BCUT2D eigenvalue weighted by Gasteiger charge is 2.25. The fourth-order valence-electron chi connectivity index (χ4n) is 5.06. The number of fused-ring (bicyclic) bond motifs is 1. The van der Waals surface area contributed by atoms with Crippen LogP contribution < -0.4 is 19.5 Å². The van der Waals surface area contributed by atoms with Gasteiger partial charge in [0.25, 0.3) is 5.91 Å². The largest absolute Gasteiger partial charge is 0.492 e. The van der Waals surface area contributed by atoms with Crippen LogP contribution in [0.5, 0.6) is 11.5 Å². The molecule has 11 nitrogen and oxygen atoms in total. The van der Waals surface area contributed by atoms with Crippen LogP contribution in [0.4, 0.5) is 11.4 Å². The van der Waals surface area contributed by atoms with Gasteiger partial charge in [-0.05, 0) is 53.1 Å². The van der Waals surface area contributed by atoms with E-state index in [9.17, 15) is 18.0 Å². The summed E-state index contributed by atoms with van der Waals surface area (Å²) >= 11 is 0. The topological polar surface area (TPSA) is 132 Å². The summed E-state index contributed by atoms with van der Waals surface area (Å²) in [5, 5.41) is 4.34. The lowest BCUT2D eigenvalue weighted by atomic mass is 9.86. The first-order valence-electron chi connectivity index (χ1n) is 15.2. The highest BCUT2D eigenvalue weighted by atomic mass is 32.2. The molecule has 1 aliphatic rings. The zero-order valence-electron chi connectivity index (χ0n) is 27.3. The normalized spacial score (nSPS) is 14.5. The number of hydrogen-bond donors (Lipinski definition) is 2. The zero-order chi connectivity index (χ0) is 33.5. The molecule has 1 saturated heterocycles. The Balaban J connectivity index is 1.74. The Hall–Kier alpha value is -4.13. The molecule has 0 radical (unpaired) electrons. The number of methoxy groups -OCH3 is 2. The van der Waals surface area contributed by atoms with Crippen molar-refractivity contribution in [3.63, 3.8) is 0 Å². The van der Waals surface area contributed by atoms with Gasteiger partial charge in [-0.3, -0.25) is 14.4 Å². The van der Waals surface area contributed by atoms with E-state index in [2.05, 4.69) is 14.9 Å². The van der Waals surface area contributed by atoms with Crippen LogP contribution in [-0.4, -0.2) is 84.6 Å². The van der Waals surface area contributed by atoms with Gasteiger partial charge in [-0.1, -0.05) is 45.0 Å². The Bertz CT molecular complexity index is 1710. The first-order valence-corrected chi connectivity index (χ1v) is 16.8. The predicted octanol–water partition coefficient (Wildman–Crippen LogP) is 4.81. The predicted molar refractivity (Wildman–Crippen MR) is 180 cm³/mol. The van der Waals surface area contributed by atoms with E-state index in [1.54, 1.807) is 24.3 Å². The van der Waals surface area contributed by atoms with Gasteiger partial charge in [-0.2, -0.15) is 0 Å². The number of benzene rings is 3. The molecule has 1 heterocycles. The molecule has 0 atom stereocenters. The minimum Gasteiger partial charge on any atom is -0.492 e. The quantitative estimate of drug-likeness (QED) is 0.209. The lowest BCUT2D eigenvalue weighted by Gasteiger charge is -2.26. The van der Waals surface area contributed by atoms with Crippen LogP contribution >= 0.6 is 0 Å². The molecule has 0 aliphatic carbocycles. The molecule has 12 heteroatoms. The van der Waals surface area contributed by atoms with Crippen molar-refractivity contribution in [2.24, 2.45) is 0 Å². The molecule has 46 heavy (non-hydrogen) atoms. The number of nitrogens with one attached hydrogen (secondary N) is 2. The number of carbonyl (C=O) groups is 2. The van der Waals surface area contributed by atoms with Gasteiger partial charge in [0.15, 0.2) is 5.75 Å². The highest BCUT2D eigenvalue weighted by Crippen LogP contribution is 2.40. The van der Waals surface area contributed by atoms with Gasteiger partial charge in [0.05, 0.1) is 50.1 Å². The number of amides is 1. The zero-order valence-corrected chi connectivity index (χ0v) is 28.1. The molecule has 1 amide bonds. The van der Waals surface area contributed by atoms with Crippen LogP contribution in [0.1, 0.15) is 38.8 Å². The first-order chi connectivity index (χ1) is 21.9. The second kappa shape index (κ2) is 15.0. The van der Waals surface area contributed by atoms with E-state index in [1.165, 1.54) is 21.1 Å². The second-order valence-electron chi connectivity index (χ2n) is 11.9. The number of carbonyl (C=O) groups excluding carboxylic acids is 2. The summed E-state index contributed by atoms with van der Waals surface area (Å²) in [7, 11) is -1.04. The van der Waals surface area contributed by atoms with Gasteiger partial charge < -0.3 is 24.3 Å². The van der Waals surface area contributed by atoms with Crippen LogP contribution in [0.3, 0.4) is 0 Å². The third-order valence-electron chi connectivity index (χ3n) is 7.70. The Labute approximate surface area is 270 Å². The summed E-state index contributed by atoms with van der Waals surface area (Å²) in [6.45, 7) is 11.8. The maximum atomic E-state index is 14.1. The van der Waals surface area contributed by atoms with Crippen molar-refractivity contribution >= 4 is 49.6 Å². The van der Waals surface area contributed by atoms with Gasteiger partial charge in [0, 0.05) is 31.1 Å². The van der Waals surface area contributed by atoms with Gasteiger partial charge >= 0.3 is 5.97 Å². The van der Waals surface area contributed by atoms with Gasteiger partial charge in [0.1, 0.15) is 12.4 Å². The Kier molecular flexibility index (Phi) is 11.3. The lowest BCUT2D eigenvalue weighted by molar-refractivity contribution is -0.134. The average molecular weight is 654 g/mol. The fraction of sp³-hybridized carbons (Fsp3) is 0.412. The lowest BCUT2D eigenvalue weighted by Crippen LogP contribution is -2.38. The monoisotopic (exact) mass is 653 g/mol. The van der Waals surface area contributed by atoms with E-state index in [-0.39, 0.29) is 28.5 Å². The summed E-state index contributed by atoms with van der Waals surface area (Å²) in [5.41, 5.74) is 1.29. The average Bonchev–Trinajstić information content (AvgIpc) is 3.03. The molecule has 3 aromatic carbocycles. The van der Waals surface area contributed by atoms with E-state index in [1.807, 2.05) is 45.0 Å². The standard InChI is InChI=1S/C34H43N3O8S/c1-7-46(40,41)36-29-21-23(34(2,3)4)20-28(32(29)43-6)35-33(39)27(22-31(38)42-5)25-12-13-30(26-11-9-8-10-24(25)26)45-19-16-37-14-17-44-18-15-37/h8-13,20-22,36H,7,14-19H2,1-6H3,(H,35,39)/b27-22+. The summed E-state index contributed by atoms with van der Waals surface area (Å²) in [6, 6.07) is 14.4. The highest BCUT2D eigenvalue weighted by molar-refractivity contribution is 7.92. The van der Waals surface area contributed by atoms with Crippen molar-refractivity contribution in [1.82, 2.24) is 4.90 Å². The first kappa shape index (κ1) is 34.7. The van der Waals surface area contributed by atoms with Gasteiger partial charge in [-0.25, -0.2) is 13.2 Å². The maximum Gasteiger partial charge on any atom is 0.331 e. The third kappa shape index (κ3) is 8.56. The molecule has 0 saturated carbocycles. The van der Waals surface area contributed by atoms with Crippen molar-refractivity contribution in [1.29, 1.82) is 0 Å². The second-order valence-corrected chi connectivity index (χ2v) is 13.9. The Morgan fingerprint density at radius 1 is 1.00 bits per heavy atom. The summed E-state index contributed by atoms with van der Waals surface area (Å²) in [5.74, 6) is -0.705. The van der Waals surface area contributed by atoms with Crippen molar-refractivity contribution in [3.8, 4) is 11.5 Å². The number of anilines is 2. The van der Waals surface area contributed by atoms with E-state index in [0.29, 0.717) is 36.5 Å². The molecular formula is C34H43N3O8S. The summed E-state index contributed by atoms with van der Waals surface area (Å²) < 4.78 is 49.8. The molecule has 0 bridgehead atoms. The SMILES string of the molecule is CCS(=O)(=O)Nc1cc(C(C)(C)C)cc(NC(=O)/C(=C/C(=O)OC)c2ccc(OCCN3CCOCC3)c3ccccc23)c1OC. The van der Waals surface area contributed by atoms with Crippen molar-refractivity contribution < 1.29 is 37.0 Å². The maximum absolute atomic E-state index is 14.1. The molecule has 0 aromatic heterocycles. The number of esters is 1. The molecular weight excluding hydrogens is 610 g/mol. The van der Waals surface area contributed by atoms with Crippen LogP contribution in [0.2, 0.25) is 0 Å². The third-order valence-corrected chi connectivity index (χ3v) is 8.99. The summed E-state index contributed by atoms with van der Waals surface area (Å²) in [4.78, 5) is 29.0. The minimum atomic E-state index is -3.67. The van der Waals surface area contributed by atoms with Crippen LogP contribution in [0.25, 0.3) is 16.3 Å². The van der Waals surface area contributed by atoms with Crippen molar-refractivity contribution in [2.45, 2.75) is 33.1 Å². The molecule has 3 aromatic rings. The number of ether oxygens (including phenoxy) is 4.